The molecule has 0 aliphatic heterocycles. The molecule has 2 rings (SSSR count). The lowest BCUT2D eigenvalue weighted by Gasteiger charge is -2.04. The van der Waals surface area contributed by atoms with Gasteiger partial charge >= 0.3 is 0 Å². The number of aliphatic hydroxyl groups excluding tert-OH is 1. The van der Waals surface area contributed by atoms with Gasteiger partial charge < -0.3 is 5.11 Å². The van der Waals surface area contributed by atoms with Crippen molar-refractivity contribution < 1.29 is 9.50 Å². The molecule has 0 saturated carbocycles. The summed E-state index contributed by atoms with van der Waals surface area (Å²) in [5.41, 5.74) is 1.38. The number of halogens is 1. The SMILES string of the molecule is Cc1nc(C)n(Cc2cc(F)cc(C#CCCO)c2)n1. The van der Waals surface area contributed by atoms with E-state index in [1.807, 2.05) is 19.9 Å². The molecule has 2 aromatic rings. The monoisotopic (exact) mass is 273 g/mol. The first-order valence-corrected chi connectivity index (χ1v) is 6.36. The summed E-state index contributed by atoms with van der Waals surface area (Å²) in [6.07, 6.45) is 0.382. The average Bonchev–Trinajstić information content (AvgIpc) is 2.67. The summed E-state index contributed by atoms with van der Waals surface area (Å²) < 4.78 is 15.3. The number of hydrogen-bond acceptors (Lipinski definition) is 3. The van der Waals surface area contributed by atoms with Crippen LogP contribution in [0.2, 0.25) is 0 Å². The Morgan fingerprint density at radius 1 is 1.30 bits per heavy atom. The number of aryl methyl sites for hydroxylation is 2. The molecule has 4 nitrogen and oxygen atoms in total. The molecule has 5 heteroatoms. The highest BCUT2D eigenvalue weighted by atomic mass is 19.1. The van der Waals surface area contributed by atoms with Crippen molar-refractivity contribution in [3.05, 3.63) is 46.8 Å². The second-order valence-electron chi connectivity index (χ2n) is 4.49. The highest BCUT2D eigenvalue weighted by Crippen LogP contribution is 2.11. The Balaban J connectivity index is 2.24. The second kappa shape index (κ2) is 6.31. The van der Waals surface area contributed by atoms with Crippen LogP contribution < -0.4 is 0 Å². The van der Waals surface area contributed by atoms with Gasteiger partial charge in [0.2, 0.25) is 0 Å². The lowest BCUT2D eigenvalue weighted by atomic mass is 10.1. The maximum Gasteiger partial charge on any atom is 0.147 e. The van der Waals surface area contributed by atoms with Crippen LogP contribution in [0.1, 0.15) is 29.2 Å². The van der Waals surface area contributed by atoms with Gasteiger partial charge in [-0.05, 0) is 37.6 Å². The number of nitrogens with zero attached hydrogens (tertiary/aromatic N) is 3. The van der Waals surface area contributed by atoms with Gasteiger partial charge in [-0.25, -0.2) is 14.1 Å². The van der Waals surface area contributed by atoms with Gasteiger partial charge in [0.05, 0.1) is 13.2 Å². The molecule has 0 unspecified atom stereocenters. The van der Waals surface area contributed by atoms with E-state index in [9.17, 15) is 4.39 Å². The van der Waals surface area contributed by atoms with Crippen LogP contribution >= 0.6 is 0 Å². The van der Waals surface area contributed by atoms with E-state index >= 15 is 0 Å². The van der Waals surface area contributed by atoms with Crippen LogP contribution in [0.4, 0.5) is 4.39 Å². The van der Waals surface area contributed by atoms with E-state index in [0.717, 1.165) is 11.4 Å². The van der Waals surface area contributed by atoms with Crippen molar-refractivity contribution in [3.8, 4) is 11.8 Å². The molecule has 0 bridgehead atoms. The molecule has 1 aromatic heterocycles. The quantitative estimate of drug-likeness (QED) is 0.868. The van der Waals surface area contributed by atoms with Gasteiger partial charge in [-0.2, -0.15) is 5.10 Å². The van der Waals surface area contributed by atoms with E-state index in [0.29, 0.717) is 24.4 Å². The van der Waals surface area contributed by atoms with Gasteiger partial charge in [0.15, 0.2) is 0 Å². The van der Waals surface area contributed by atoms with Crippen LogP contribution in [-0.2, 0) is 6.54 Å². The van der Waals surface area contributed by atoms with Crippen molar-refractivity contribution in [2.75, 3.05) is 6.61 Å². The van der Waals surface area contributed by atoms with Crippen LogP contribution in [0, 0.1) is 31.5 Å². The van der Waals surface area contributed by atoms with E-state index in [1.165, 1.54) is 12.1 Å². The number of hydrogen-bond donors (Lipinski definition) is 1. The summed E-state index contributed by atoms with van der Waals surface area (Å²) >= 11 is 0. The normalized spacial score (nSPS) is 10.2. The first-order valence-electron chi connectivity index (χ1n) is 6.36. The number of aliphatic hydroxyl groups is 1. The molecule has 0 aliphatic carbocycles. The van der Waals surface area contributed by atoms with Crippen LogP contribution in [-0.4, -0.2) is 26.5 Å². The van der Waals surface area contributed by atoms with Gasteiger partial charge in [0, 0.05) is 12.0 Å². The van der Waals surface area contributed by atoms with Gasteiger partial charge in [0.1, 0.15) is 17.5 Å². The number of benzene rings is 1. The molecule has 1 heterocycles. The first-order chi connectivity index (χ1) is 9.58. The van der Waals surface area contributed by atoms with E-state index in [1.54, 1.807) is 4.68 Å². The molecule has 0 fully saturated rings. The molecule has 0 aliphatic rings. The lowest BCUT2D eigenvalue weighted by molar-refractivity contribution is 0.305. The molecule has 0 spiro atoms. The minimum absolute atomic E-state index is 0.00655. The van der Waals surface area contributed by atoms with Crippen LogP contribution in [0.3, 0.4) is 0 Å². The van der Waals surface area contributed by atoms with Crippen LogP contribution in [0.25, 0.3) is 0 Å². The molecule has 1 aromatic carbocycles. The summed E-state index contributed by atoms with van der Waals surface area (Å²) in [6.45, 7) is 4.15. The molecular formula is C15H16FN3O. The van der Waals surface area contributed by atoms with Crippen molar-refractivity contribution in [1.29, 1.82) is 0 Å². The zero-order chi connectivity index (χ0) is 14.5. The summed E-state index contributed by atoms with van der Waals surface area (Å²) in [6, 6.07) is 4.67. The molecule has 0 radical (unpaired) electrons. The van der Waals surface area contributed by atoms with E-state index < -0.39 is 0 Å². The Morgan fingerprint density at radius 3 is 2.75 bits per heavy atom. The number of rotatable bonds is 3. The fourth-order valence-corrected chi connectivity index (χ4v) is 1.92. The summed E-state index contributed by atoms with van der Waals surface area (Å²) in [5, 5.41) is 12.9. The predicted octanol–water partition coefficient (Wildman–Crippen LogP) is 1.82. The van der Waals surface area contributed by atoms with Crippen molar-refractivity contribution in [2.45, 2.75) is 26.8 Å². The van der Waals surface area contributed by atoms with E-state index in [-0.39, 0.29) is 12.4 Å². The zero-order valence-electron chi connectivity index (χ0n) is 11.5. The Hall–Kier alpha value is -2.19. The fourth-order valence-electron chi connectivity index (χ4n) is 1.92. The third-order valence-electron chi connectivity index (χ3n) is 2.72. The van der Waals surface area contributed by atoms with Gasteiger partial charge in [0.25, 0.3) is 0 Å². The van der Waals surface area contributed by atoms with Crippen LogP contribution in [0.5, 0.6) is 0 Å². The van der Waals surface area contributed by atoms with Crippen molar-refractivity contribution in [1.82, 2.24) is 14.8 Å². The third kappa shape index (κ3) is 3.65. The molecular weight excluding hydrogens is 257 g/mol. The summed E-state index contributed by atoms with van der Waals surface area (Å²) in [7, 11) is 0. The van der Waals surface area contributed by atoms with Gasteiger partial charge in [-0.3, -0.25) is 0 Å². The molecule has 0 saturated heterocycles. The average molecular weight is 273 g/mol. The molecule has 0 amide bonds. The summed E-state index contributed by atoms with van der Waals surface area (Å²) in [5.74, 6) is 6.78. The smallest absolute Gasteiger partial charge is 0.147 e. The standard InChI is InChI=1S/C15H16FN3O/c1-11-17-12(2)19(18-11)10-14-7-13(5-3-4-6-20)8-15(16)9-14/h7-9,20H,4,6,10H2,1-2H3. The second-order valence-corrected chi connectivity index (χ2v) is 4.49. The van der Waals surface area contributed by atoms with Gasteiger partial charge in [-0.1, -0.05) is 11.8 Å². The molecule has 0 atom stereocenters. The third-order valence-corrected chi connectivity index (χ3v) is 2.72. The van der Waals surface area contributed by atoms with Crippen molar-refractivity contribution >= 4 is 0 Å². The highest BCUT2D eigenvalue weighted by Gasteiger charge is 2.05. The predicted molar refractivity (Wildman–Crippen MR) is 73.6 cm³/mol. The lowest BCUT2D eigenvalue weighted by Crippen LogP contribution is -2.05. The Morgan fingerprint density at radius 2 is 2.10 bits per heavy atom. The largest absolute Gasteiger partial charge is 0.395 e. The Labute approximate surface area is 117 Å². The zero-order valence-corrected chi connectivity index (χ0v) is 11.5. The molecule has 20 heavy (non-hydrogen) atoms. The maximum absolute atomic E-state index is 13.6. The highest BCUT2D eigenvalue weighted by molar-refractivity contribution is 5.37. The molecule has 104 valence electrons. The Bertz CT molecular complexity index is 667. The fraction of sp³-hybridized carbons (Fsp3) is 0.333. The molecule has 1 N–H and O–H groups in total. The van der Waals surface area contributed by atoms with E-state index in [2.05, 4.69) is 21.9 Å². The van der Waals surface area contributed by atoms with Crippen molar-refractivity contribution in [2.24, 2.45) is 0 Å². The minimum atomic E-state index is -0.328. The van der Waals surface area contributed by atoms with E-state index in [4.69, 9.17) is 5.11 Å². The minimum Gasteiger partial charge on any atom is -0.395 e. The van der Waals surface area contributed by atoms with Crippen LogP contribution in [0.15, 0.2) is 18.2 Å². The van der Waals surface area contributed by atoms with Gasteiger partial charge in [-0.15, -0.1) is 0 Å². The topological polar surface area (TPSA) is 50.9 Å². The number of aromatic nitrogens is 3. The Kier molecular flexibility index (Phi) is 4.49. The summed E-state index contributed by atoms with van der Waals surface area (Å²) in [4.78, 5) is 4.22. The maximum atomic E-state index is 13.6. The van der Waals surface area contributed by atoms with Crippen molar-refractivity contribution in [3.63, 3.8) is 0 Å². The first kappa shape index (κ1) is 14.2.